The molecule has 0 spiro atoms. The van der Waals surface area contributed by atoms with Crippen LogP contribution in [0, 0.1) is 5.92 Å². The third kappa shape index (κ3) is 7.92. The van der Waals surface area contributed by atoms with Crippen LogP contribution in [0.3, 0.4) is 0 Å². The second kappa shape index (κ2) is 14.5. The fourth-order valence-corrected chi connectivity index (χ4v) is 5.02. The molecule has 0 aliphatic heterocycles. The lowest BCUT2D eigenvalue weighted by Gasteiger charge is -2.22. The molecule has 1 aromatic heterocycles. The minimum absolute atomic E-state index is 0.0504. The van der Waals surface area contributed by atoms with Crippen LogP contribution in [0.15, 0.2) is 46.4 Å². The first-order valence-corrected chi connectivity index (χ1v) is 14.7. The zero-order chi connectivity index (χ0) is 27.7. The summed E-state index contributed by atoms with van der Waals surface area (Å²) in [4.78, 5) is 28.9. The second-order valence-corrected chi connectivity index (χ2v) is 11.2. The number of benzene rings is 1. The van der Waals surface area contributed by atoms with Crippen LogP contribution in [-0.4, -0.2) is 42.4 Å². The average molecular weight is 522 g/mol. The highest BCUT2D eigenvalue weighted by Gasteiger charge is 2.28. The molecule has 0 amide bonds. The molecule has 0 bridgehead atoms. The van der Waals surface area contributed by atoms with Gasteiger partial charge in [-0.2, -0.15) is 0 Å². The molecule has 1 aliphatic rings. The van der Waals surface area contributed by atoms with Crippen molar-refractivity contribution in [3.8, 4) is 0 Å². The van der Waals surface area contributed by atoms with Gasteiger partial charge in [0.25, 0.3) is 0 Å². The molecule has 0 N–H and O–H groups in total. The van der Waals surface area contributed by atoms with Crippen molar-refractivity contribution >= 4 is 22.7 Å². The number of carbonyl (C=O) groups is 2. The summed E-state index contributed by atoms with van der Waals surface area (Å²) in [6.45, 7) is 15.7. The average Bonchev–Trinajstić information content (AvgIpc) is 3.28. The van der Waals surface area contributed by atoms with Crippen LogP contribution in [0.2, 0.25) is 0 Å². The zero-order valence-corrected chi connectivity index (χ0v) is 24.3. The predicted molar refractivity (Wildman–Crippen MR) is 156 cm³/mol. The molecule has 38 heavy (non-hydrogen) atoms. The highest BCUT2D eigenvalue weighted by Crippen LogP contribution is 2.35. The van der Waals surface area contributed by atoms with Gasteiger partial charge in [-0.15, -0.1) is 0 Å². The Bertz CT molecular complexity index is 1130. The van der Waals surface area contributed by atoms with Crippen molar-refractivity contribution in [1.82, 2.24) is 4.90 Å². The van der Waals surface area contributed by atoms with E-state index in [-0.39, 0.29) is 29.7 Å². The van der Waals surface area contributed by atoms with Crippen LogP contribution in [0.5, 0.6) is 0 Å². The molecule has 1 unspecified atom stereocenters. The molecule has 208 valence electrons. The number of nitrogens with zero attached hydrogens (tertiary/aromatic N) is 1. The Hall–Kier alpha value is -2.66. The smallest absolute Gasteiger partial charge is 0.338 e. The van der Waals surface area contributed by atoms with E-state index in [9.17, 15) is 9.59 Å². The summed E-state index contributed by atoms with van der Waals surface area (Å²) in [5.74, 6) is 0.171. The van der Waals surface area contributed by atoms with Gasteiger partial charge in [0.1, 0.15) is 11.3 Å². The topological polar surface area (TPSA) is 59.8 Å². The fourth-order valence-electron chi connectivity index (χ4n) is 5.02. The van der Waals surface area contributed by atoms with Crippen molar-refractivity contribution in [3.05, 3.63) is 58.9 Å². The summed E-state index contributed by atoms with van der Waals surface area (Å²) in [6.07, 6.45) is 14.1. The molecule has 5 nitrogen and oxygen atoms in total. The SMILES string of the molecule is CCCCN(CCCC)CCCC1=CCC(C(=O)c2c(C(C)C)oc3ccc(C(=O)OC(C)C)cc23)C=C1. The Labute approximate surface area is 229 Å². The lowest BCUT2D eigenvalue weighted by Crippen LogP contribution is -2.27. The van der Waals surface area contributed by atoms with E-state index < -0.39 is 0 Å². The van der Waals surface area contributed by atoms with E-state index >= 15 is 0 Å². The lowest BCUT2D eigenvalue weighted by molar-refractivity contribution is 0.0378. The van der Waals surface area contributed by atoms with Crippen molar-refractivity contribution in [2.75, 3.05) is 19.6 Å². The molecule has 0 radical (unpaired) electrons. The summed E-state index contributed by atoms with van der Waals surface area (Å²) < 4.78 is 11.5. The molecule has 5 heteroatoms. The highest BCUT2D eigenvalue weighted by atomic mass is 16.5. The summed E-state index contributed by atoms with van der Waals surface area (Å²) >= 11 is 0. The Morgan fingerprint density at radius 2 is 1.71 bits per heavy atom. The van der Waals surface area contributed by atoms with Gasteiger partial charge in [-0.3, -0.25) is 4.79 Å². The molecule has 1 aliphatic carbocycles. The standard InChI is InChI=1S/C33H47NO4/c1-7-9-19-34(20-10-8-2)21-11-12-25-13-15-26(16-14-25)31(35)30-28-22-27(33(36)37-24(5)6)17-18-29(28)38-32(30)23(3)4/h13-15,17-18,22-24,26H,7-12,16,19-21H2,1-6H3. The number of furan rings is 1. The van der Waals surface area contributed by atoms with Crippen LogP contribution in [-0.2, 0) is 4.74 Å². The molecule has 0 saturated heterocycles. The number of hydrogen-bond acceptors (Lipinski definition) is 5. The number of allylic oxidation sites excluding steroid dienone is 4. The largest absolute Gasteiger partial charge is 0.460 e. The van der Waals surface area contributed by atoms with Gasteiger partial charge in [0.05, 0.1) is 17.2 Å². The molecule has 0 saturated carbocycles. The van der Waals surface area contributed by atoms with Crippen molar-refractivity contribution in [3.63, 3.8) is 0 Å². The molecule has 1 atom stereocenters. The first-order valence-electron chi connectivity index (χ1n) is 14.7. The molecular weight excluding hydrogens is 474 g/mol. The van der Waals surface area contributed by atoms with Crippen LogP contribution >= 0.6 is 0 Å². The minimum Gasteiger partial charge on any atom is -0.460 e. The number of Topliss-reactive ketones (excluding diaryl/α,β-unsaturated/α-hetero) is 1. The van der Waals surface area contributed by atoms with Crippen molar-refractivity contribution in [1.29, 1.82) is 0 Å². The van der Waals surface area contributed by atoms with Gasteiger partial charge < -0.3 is 14.1 Å². The number of carbonyl (C=O) groups excluding carboxylic acids is 2. The van der Waals surface area contributed by atoms with Crippen molar-refractivity contribution in [2.24, 2.45) is 5.92 Å². The quantitative estimate of drug-likeness (QED) is 0.174. The Morgan fingerprint density at radius 1 is 1.03 bits per heavy atom. The zero-order valence-electron chi connectivity index (χ0n) is 24.3. The van der Waals surface area contributed by atoms with Crippen LogP contribution in [0.25, 0.3) is 11.0 Å². The normalized spacial score (nSPS) is 15.6. The Balaban J connectivity index is 1.70. The number of ether oxygens (including phenoxy) is 1. The second-order valence-electron chi connectivity index (χ2n) is 11.2. The first kappa shape index (κ1) is 29.9. The maximum Gasteiger partial charge on any atom is 0.338 e. The number of esters is 1. The third-order valence-corrected chi connectivity index (χ3v) is 7.17. The number of unbranched alkanes of at least 4 members (excludes halogenated alkanes) is 2. The van der Waals surface area contributed by atoms with E-state index in [1.165, 1.54) is 44.3 Å². The lowest BCUT2D eigenvalue weighted by atomic mass is 9.86. The van der Waals surface area contributed by atoms with E-state index in [0.29, 0.717) is 34.3 Å². The number of rotatable bonds is 15. The summed E-state index contributed by atoms with van der Waals surface area (Å²) in [5.41, 5.74) is 2.98. The van der Waals surface area contributed by atoms with Crippen LogP contribution < -0.4 is 0 Å². The molecular formula is C33H47NO4. The number of ketones is 1. The number of fused-ring (bicyclic) bond motifs is 1. The van der Waals surface area contributed by atoms with E-state index in [1.54, 1.807) is 18.2 Å². The van der Waals surface area contributed by atoms with Crippen LogP contribution in [0.1, 0.15) is 119 Å². The summed E-state index contributed by atoms with van der Waals surface area (Å²) in [5, 5.41) is 0.694. The maximum atomic E-state index is 13.8. The van der Waals surface area contributed by atoms with Gasteiger partial charge in [0.15, 0.2) is 5.78 Å². The molecule has 3 rings (SSSR count). The molecule has 1 heterocycles. The molecule has 0 fully saturated rings. The van der Waals surface area contributed by atoms with Gasteiger partial charge in [0, 0.05) is 17.2 Å². The van der Waals surface area contributed by atoms with E-state index in [2.05, 4.69) is 37.0 Å². The maximum absolute atomic E-state index is 13.8. The molecule has 1 aromatic carbocycles. The van der Waals surface area contributed by atoms with Crippen molar-refractivity contribution < 1.29 is 18.7 Å². The highest BCUT2D eigenvalue weighted by molar-refractivity contribution is 6.11. The predicted octanol–water partition coefficient (Wildman–Crippen LogP) is 8.49. The van der Waals surface area contributed by atoms with Gasteiger partial charge in [-0.1, -0.05) is 64.3 Å². The van der Waals surface area contributed by atoms with Gasteiger partial charge in [0.2, 0.25) is 0 Å². The fraction of sp³-hybridized carbons (Fsp3) is 0.576. The summed E-state index contributed by atoms with van der Waals surface area (Å²) in [6, 6.07) is 5.23. The van der Waals surface area contributed by atoms with E-state index in [0.717, 1.165) is 19.4 Å². The van der Waals surface area contributed by atoms with Gasteiger partial charge in [-0.05, 0) is 83.8 Å². The first-order chi connectivity index (χ1) is 18.2. The Kier molecular flexibility index (Phi) is 11.4. The Morgan fingerprint density at radius 3 is 2.29 bits per heavy atom. The van der Waals surface area contributed by atoms with Crippen LogP contribution in [0.4, 0.5) is 0 Å². The monoisotopic (exact) mass is 521 g/mol. The van der Waals surface area contributed by atoms with Crippen molar-refractivity contribution in [2.45, 2.75) is 98.5 Å². The van der Waals surface area contributed by atoms with E-state index in [1.807, 2.05) is 27.7 Å². The number of hydrogen-bond donors (Lipinski definition) is 0. The van der Waals surface area contributed by atoms with E-state index in [4.69, 9.17) is 9.15 Å². The third-order valence-electron chi connectivity index (χ3n) is 7.17. The van der Waals surface area contributed by atoms with Gasteiger partial charge in [-0.25, -0.2) is 4.79 Å². The summed E-state index contributed by atoms with van der Waals surface area (Å²) in [7, 11) is 0. The van der Waals surface area contributed by atoms with Gasteiger partial charge >= 0.3 is 5.97 Å². The molecule has 2 aromatic rings. The minimum atomic E-state index is -0.388.